The summed E-state index contributed by atoms with van der Waals surface area (Å²) in [5, 5.41) is 9.50. The van der Waals surface area contributed by atoms with Crippen LogP contribution in [0.25, 0.3) is 0 Å². The van der Waals surface area contributed by atoms with E-state index in [0.29, 0.717) is 5.75 Å². The van der Waals surface area contributed by atoms with E-state index >= 15 is 0 Å². The van der Waals surface area contributed by atoms with Crippen LogP contribution in [0.15, 0.2) is 48.5 Å². The number of hydrogen-bond donors (Lipinski definition) is 1. The largest absolute Gasteiger partial charge is 0.508 e. The fourth-order valence-corrected chi connectivity index (χ4v) is 3.39. The monoisotopic (exact) mass is 416 g/mol. The van der Waals surface area contributed by atoms with Crippen LogP contribution in [0.2, 0.25) is 0 Å². The van der Waals surface area contributed by atoms with Gasteiger partial charge in [0.15, 0.2) is 0 Å². The molecule has 0 atom stereocenters. The van der Waals surface area contributed by atoms with Crippen molar-refractivity contribution in [2.45, 2.75) is 37.5 Å². The Bertz CT molecular complexity index is 527. The van der Waals surface area contributed by atoms with Crippen LogP contribution in [-0.2, 0) is 5.41 Å². The summed E-state index contributed by atoms with van der Waals surface area (Å²) in [6, 6.07) is 19.3. The minimum Gasteiger partial charge on any atom is -0.508 e. The van der Waals surface area contributed by atoms with Crippen molar-refractivity contribution in [3.63, 3.8) is 0 Å². The van der Waals surface area contributed by atoms with Gasteiger partial charge in [-0.3, -0.25) is 0 Å². The molecule has 20 heavy (non-hydrogen) atoms. The van der Waals surface area contributed by atoms with E-state index in [4.69, 9.17) is 0 Å². The maximum absolute atomic E-state index is 9.50. The van der Waals surface area contributed by atoms with Gasteiger partial charge in [0.2, 0.25) is 0 Å². The quantitative estimate of drug-likeness (QED) is 0.567. The summed E-state index contributed by atoms with van der Waals surface area (Å²) < 4.78 is 0. The summed E-state index contributed by atoms with van der Waals surface area (Å²) >= 11 is 0. The first-order chi connectivity index (χ1) is 9.31. The summed E-state index contributed by atoms with van der Waals surface area (Å²) in [5.41, 5.74) is 2.84. The number of phenolic OH excluding ortho intramolecular Hbond substituents is 1. The zero-order valence-electron chi connectivity index (χ0n) is 11.4. The topological polar surface area (TPSA) is 20.2 Å². The molecule has 2 aromatic rings. The molecule has 1 aliphatic carbocycles. The average Bonchev–Trinajstić information content (AvgIpc) is 2.49. The van der Waals surface area contributed by atoms with E-state index < -0.39 is 0 Å². The van der Waals surface area contributed by atoms with Crippen molar-refractivity contribution in [2.24, 2.45) is 0 Å². The van der Waals surface area contributed by atoms with Crippen molar-refractivity contribution < 1.29 is 42.8 Å². The standard InChI is InChI=1S/C18H19O.Ho/c19-17-11-9-16(10-12-17)18(13-5-2-6-14-18)15-7-3-1-4-8-15;/h3-4,7-12,19H,2,5-6,13-14H2;/q-1;. The van der Waals surface area contributed by atoms with Crippen molar-refractivity contribution in [3.8, 4) is 5.75 Å². The molecule has 2 aromatic carbocycles. The molecule has 0 unspecified atom stereocenters. The van der Waals surface area contributed by atoms with Crippen molar-refractivity contribution >= 4 is 0 Å². The van der Waals surface area contributed by atoms with E-state index in [-0.39, 0.29) is 43.2 Å². The van der Waals surface area contributed by atoms with Gasteiger partial charge in [0.05, 0.1) is 0 Å². The Morgan fingerprint density at radius 3 is 1.95 bits per heavy atom. The van der Waals surface area contributed by atoms with Gasteiger partial charge in [-0.1, -0.05) is 31.4 Å². The molecule has 0 bridgehead atoms. The van der Waals surface area contributed by atoms with E-state index in [1.807, 2.05) is 12.1 Å². The van der Waals surface area contributed by atoms with E-state index in [1.54, 1.807) is 12.1 Å². The number of phenols is 1. The van der Waals surface area contributed by atoms with Gasteiger partial charge >= 0.3 is 0 Å². The van der Waals surface area contributed by atoms with E-state index in [0.717, 1.165) is 0 Å². The molecule has 0 saturated heterocycles. The molecule has 0 amide bonds. The van der Waals surface area contributed by atoms with E-state index in [2.05, 4.69) is 30.3 Å². The molecule has 0 aliphatic heterocycles. The first-order valence-electron chi connectivity index (χ1n) is 7.07. The minimum atomic E-state index is 0. The fraction of sp³-hybridized carbons (Fsp3) is 0.333. The van der Waals surface area contributed by atoms with Crippen LogP contribution < -0.4 is 0 Å². The molecule has 1 saturated carbocycles. The van der Waals surface area contributed by atoms with Gasteiger partial charge in [0.25, 0.3) is 0 Å². The molecule has 1 N–H and O–H groups in total. The molecule has 109 valence electrons. The van der Waals surface area contributed by atoms with Gasteiger partial charge in [-0.2, -0.15) is 30.3 Å². The second-order valence-corrected chi connectivity index (χ2v) is 5.48. The maximum Gasteiger partial charge on any atom is 0.115 e. The van der Waals surface area contributed by atoms with Crippen LogP contribution in [0.5, 0.6) is 5.75 Å². The second-order valence-electron chi connectivity index (χ2n) is 5.48. The van der Waals surface area contributed by atoms with Crippen LogP contribution >= 0.6 is 0 Å². The van der Waals surface area contributed by atoms with Crippen LogP contribution in [0.1, 0.15) is 43.2 Å². The SMILES string of the molecule is Oc1ccc(C2(c3cc[c-]cc3)CCCCC2)cc1.[Ho]. The average molecular weight is 416 g/mol. The molecule has 0 spiro atoms. The molecule has 1 nitrogen and oxygen atoms in total. The van der Waals surface area contributed by atoms with Crippen LogP contribution in [-0.4, -0.2) is 5.11 Å². The molecule has 0 heterocycles. The number of aromatic hydroxyl groups is 1. The van der Waals surface area contributed by atoms with E-state index in [1.165, 1.54) is 43.2 Å². The molecular weight excluding hydrogens is 397 g/mol. The second kappa shape index (κ2) is 6.98. The Morgan fingerprint density at radius 2 is 1.35 bits per heavy atom. The smallest absolute Gasteiger partial charge is 0.115 e. The Morgan fingerprint density at radius 1 is 0.800 bits per heavy atom. The van der Waals surface area contributed by atoms with Gasteiger partial charge in [-0.05, 0) is 36.0 Å². The summed E-state index contributed by atoms with van der Waals surface area (Å²) in [7, 11) is 0. The zero-order chi connectivity index (χ0) is 13.1. The maximum atomic E-state index is 9.50. The van der Waals surface area contributed by atoms with Gasteiger partial charge < -0.3 is 5.11 Å². The number of rotatable bonds is 2. The summed E-state index contributed by atoms with van der Waals surface area (Å²) in [6.45, 7) is 0. The van der Waals surface area contributed by atoms with E-state index in [9.17, 15) is 5.11 Å². The minimum absolute atomic E-state index is 0. The Labute approximate surface area is 151 Å². The Hall–Kier alpha value is -0.500. The van der Waals surface area contributed by atoms with Crippen LogP contribution in [0, 0.1) is 43.8 Å². The molecule has 3 rings (SSSR count). The summed E-state index contributed by atoms with van der Waals surface area (Å²) in [4.78, 5) is 0. The van der Waals surface area contributed by atoms with Gasteiger partial charge in [0.1, 0.15) is 5.75 Å². The van der Waals surface area contributed by atoms with Crippen molar-refractivity contribution in [1.82, 2.24) is 0 Å². The normalized spacial score (nSPS) is 17.2. The molecule has 0 aromatic heterocycles. The zero-order valence-corrected chi connectivity index (χ0v) is 13.3. The third kappa shape index (κ3) is 3.05. The van der Waals surface area contributed by atoms with Crippen molar-refractivity contribution in [2.75, 3.05) is 0 Å². The van der Waals surface area contributed by atoms with Gasteiger partial charge in [-0.25, -0.2) is 0 Å². The Balaban J connectivity index is 0.00000147. The van der Waals surface area contributed by atoms with Crippen LogP contribution in [0.4, 0.5) is 0 Å². The third-order valence-electron chi connectivity index (χ3n) is 4.40. The van der Waals surface area contributed by atoms with Crippen LogP contribution in [0.3, 0.4) is 0 Å². The van der Waals surface area contributed by atoms with Gasteiger partial charge in [-0.15, -0.1) is 5.56 Å². The molecule has 1 aliphatic rings. The molecule has 1 fully saturated rings. The first-order valence-corrected chi connectivity index (χ1v) is 7.07. The number of benzene rings is 2. The van der Waals surface area contributed by atoms with Gasteiger partial charge in [0, 0.05) is 37.7 Å². The fourth-order valence-electron chi connectivity index (χ4n) is 3.39. The molecular formula is C18H19HoO-. The predicted octanol–water partition coefficient (Wildman–Crippen LogP) is 4.44. The summed E-state index contributed by atoms with van der Waals surface area (Å²) in [5.74, 6) is 0.344. The van der Waals surface area contributed by atoms with Crippen molar-refractivity contribution in [3.05, 3.63) is 65.7 Å². The predicted molar refractivity (Wildman–Crippen MR) is 77.2 cm³/mol. The first kappa shape index (κ1) is 15.9. The molecule has 2 heteroatoms. The third-order valence-corrected chi connectivity index (χ3v) is 4.40. The summed E-state index contributed by atoms with van der Waals surface area (Å²) in [6.07, 6.45) is 6.28. The number of hydrogen-bond acceptors (Lipinski definition) is 1. The van der Waals surface area contributed by atoms with Crippen molar-refractivity contribution in [1.29, 1.82) is 0 Å². The Kier molecular flexibility index (Phi) is 5.54. The molecule has 1 radical (unpaired) electrons.